The highest BCUT2D eigenvalue weighted by Gasteiger charge is 2.29. The second-order valence-corrected chi connectivity index (χ2v) is 9.01. The standard InChI is InChI=1S/C23H25ClFN7O3/c1-13-27-21(35-31-13)20(14-2-3-17(24)18(25)10-14)30-23(33)32-7-4-15-11-26-22(29-19(15)12-32)28-16-5-8-34-9-6-16/h2-3,10-11,16,20H,4-9,12H2,1H3,(H,30,33)(H,26,28,29). The first kappa shape index (κ1) is 23.4. The fraction of sp³-hybridized carbons (Fsp3) is 0.435. The third-order valence-electron chi connectivity index (χ3n) is 6.12. The van der Waals surface area contributed by atoms with Crippen molar-refractivity contribution < 1.29 is 18.4 Å². The Kier molecular flexibility index (Phi) is 6.78. The maximum Gasteiger partial charge on any atom is 0.318 e. The number of carbonyl (C=O) groups excluding carboxylic acids is 1. The van der Waals surface area contributed by atoms with Crippen LogP contribution in [0.3, 0.4) is 0 Å². The van der Waals surface area contributed by atoms with E-state index in [-0.39, 0.29) is 23.0 Å². The van der Waals surface area contributed by atoms with Gasteiger partial charge in [0.05, 0.1) is 17.3 Å². The van der Waals surface area contributed by atoms with Gasteiger partial charge in [-0.1, -0.05) is 22.8 Å². The molecule has 0 saturated carbocycles. The number of anilines is 1. The minimum atomic E-state index is -0.840. The van der Waals surface area contributed by atoms with Crippen LogP contribution in [0.15, 0.2) is 28.9 Å². The van der Waals surface area contributed by atoms with Crippen molar-refractivity contribution in [1.29, 1.82) is 0 Å². The highest BCUT2D eigenvalue weighted by molar-refractivity contribution is 6.30. The van der Waals surface area contributed by atoms with Gasteiger partial charge in [-0.05, 0) is 49.4 Å². The number of nitrogens with zero attached hydrogens (tertiary/aromatic N) is 5. The predicted molar refractivity (Wildman–Crippen MR) is 124 cm³/mol. The smallest absolute Gasteiger partial charge is 0.318 e. The normalized spacial score (nSPS) is 17.1. The van der Waals surface area contributed by atoms with E-state index in [4.69, 9.17) is 20.9 Å². The number of amides is 2. The number of benzene rings is 1. The molecule has 2 aromatic heterocycles. The molecule has 1 atom stereocenters. The Morgan fingerprint density at radius 1 is 1.29 bits per heavy atom. The highest BCUT2D eigenvalue weighted by atomic mass is 35.5. The van der Waals surface area contributed by atoms with Crippen LogP contribution in [0, 0.1) is 12.7 Å². The van der Waals surface area contributed by atoms with E-state index in [0.717, 1.165) is 37.3 Å². The largest absolute Gasteiger partial charge is 0.381 e. The Balaban J connectivity index is 1.32. The maximum absolute atomic E-state index is 14.2. The molecule has 2 N–H and O–H groups in total. The molecular formula is C23H25ClFN7O3. The Morgan fingerprint density at radius 3 is 2.86 bits per heavy atom. The summed E-state index contributed by atoms with van der Waals surface area (Å²) in [6.07, 6.45) is 4.24. The third kappa shape index (κ3) is 5.35. The predicted octanol–water partition coefficient (Wildman–Crippen LogP) is 3.41. The van der Waals surface area contributed by atoms with E-state index >= 15 is 0 Å². The van der Waals surface area contributed by atoms with Crippen molar-refractivity contribution in [3.8, 4) is 0 Å². The first-order valence-corrected chi connectivity index (χ1v) is 11.8. The number of carbonyl (C=O) groups is 1. The lowest BCUT2D eigenvalue weighted by Gasteiger charge is -2.30. The van der Waals surface area contributed by atoms with Gasteiger partial charge in [-0.3, -0.25) is 0 Å². The number of urea groups is 1. The molecule has 10 nitrogen and oxygen atoms in total. The number of fused-ring (bicyclic) bond motifs is 1. The molecule has 0 aliphatic carbocycles. The molecule has 0 spiro atoms. The van der Waals surface area contributed by atoms with Crippen molar-refractivity contribution in [2.75, 3.05) is 25.1 Å². The lowest BCUT2D eigenvalue weighted by molar-refractivity contribution is 0.0903. The molecule has 12 heteroatoms. The minimum Gasteiger partial charge on any atom is -0.381 e. The maximum atomic E-state index is 14.2. The highest BCUT2D eigenvalue weighted by Crippen LogP contribution is 2.26. The quantitative estimate of drug-likeness (QED) is 0.546. The molecule has 4 heterocycles. The summed E-state index contributed by atoms with van der Waals surface area (Å²) in [5.41, 5.74) is 2.24. The average Bonchev–Trinajstić information content (AvgIpc) is 3.30. The van der Waals surface area contributed by atoms with Crippen molar-refractivity contribution in [2.24, 2.45) is 0 Å². The molecule has 2 aliphatic rings. The molecule has 3 aromatic rings. The Bertz CT molecular complexity index is 1220. The number of aryl methyl sites for hydroxylation is 1. The minimum absolute atomic E-state index is 0.0157. The summed E-state index contributed by atoms with van der Waals surface area (Å²) in [6, 6.07) is 3.36. The van der Waals surface area contributed by atoms with Gasteiger partial charge >= 0.3 is 6.03 Å². The molecule has 1 fully saturated rings. The molecule has 1 saturated heterocycles. The molecule has 1 unspecified atom stereocenters. The van der Waals surface area contributed by atoms with E-state index in [9.17, 15) is 9.18 Å². The molecular weight excluding hydrogens is 477 g/mol. The van der Waals surface area contributed by atoms with Gasteiger partial charge in [0.1, 0.15) is 11.9 Å². The second kappa shape index (κ2) is 10.1. The van der Waals surface area contributed by atoms with E-state index in [1.54, 1.807) is 17.9 Å². The SMILES string of the molecule is Cc1noc(C(NC(=O)N2CCc3cnc(NC4CCOCC4)nc3C2)c2ccc(Cl)c(F)c2)n1. The van der Waals surface area contributed by atoms with Crippen LogP contribution in [0.2, 0.25) is 5.02 Å². The molecule has 1 aromatic carbocycles. The van der Waals surface area contributed by atoms with Crippen LogP contribution in [-0.2, 0) is 17.7 Å². The second-order valence-electron chi connectivity index (χ2n) is 8.60. The number of hydrogen-bond donors (Lipinski definition) is 2. The van der Waals surface area contributed by atoms with Gasteiger partial charge in [-0.2, -0.15) is 4.98 Å². The van der Waals surface area contributed by atoms with Crippen molar-refractivity contribution >= 4 is 23.6 Å². The fourth-order valence-electron chi connectivity index (χ4n) is 4.20. The average molecular weight is 502 g/mol. The number of hydrogen-bond acceptors (Lipinski definition) is 8. The van der Waals surface area contributed by atoms with E-state index < -0.39 is 11.9 Å². The van der Waals surface area contributed by atoms with Gasteiger partial charge in [-0.25, -0.2) is 19.2 Å². The summed E-state index contributed by atoms with van der Waals surface area (Å²) in [4.78, 5) is 28.3. The van der Waals surface area contributed by atoms with Crippen LogP contribution < -0.4 is 10.6 Å². The number of ether oxygens (including phenoxy) is 1. The lowest BCUT2D eigenvalue weighted by atomic mass is 10.1. The molecule has 0 bridgehead atoms. The number of aromatic nitrogens is 4. The molecule has 2 amide bonds. The van der Waals surface area contributed by atoms with Gasteiger partial charge < -0.3 is 24.8 Å². The van der Waals surface area contributed by atoms with Gasteiger partial charge in [0.2, 0.25) is 5.95 Å². The number of halogens is 2. The van der Waals surface area contributed by atoms with E-state index in [1.165, 1.54) is 12.1 Å². The zero-order valence-corrected chi connectivity index (χ0v) is 19.9. The van der Waals surface area contributed by atoms with Crippen LogP contribution in [0.4, 0.5) is 15.1 Å². The fourth-order valence-corrected chi connectivity index (χ4v) is 4.31. The van der Waals surface area contributed by atoms with Gasteiger partial charge in [0.25, 0.3) is 5.89 Å². The monoisotopic (exact) mass is 501 g/mol. The van der Waals surface area contributed by atoms with E-state index in [1.807, 2.05) is 6.20 Å². The summed E-state index contributed by atoms with van der Waals surface area (Å²) < 4.78 is 24.9. The first-order chi connectivity index (χ1) is 17.0. The summed E-state index contributed by atoms with van der Waals surface area (Å²) >= 11 is 5.84. The van der Waals surface area contributed by atoms with E-state index in [0.29, 0.717) is 36.8 Å². The Labute approximate surface area is 206 Å². The van der Waals surface area contributed by atoms with Crippen molar-refractivity contribution in [2.45, 2.75) is 44.8 Å². The van der Waals surface area contributed by atoms with Crippen molar-refractivity contribution in [3.05, 3.63) is 63.8 Å². The van der Waals surface area contributed by atoms with Gasteiger partial charge in [-0.15, -0.1) is 0 Å². The molecule has 0 radical (unpaired) electrons. The molecule has 5 rings (SSSR count). The third-order valence-corrected chi connectivity index (χ3v) is 6.43. The zero-order valence-electron chi connectivity index (χ0n) is 19.1. The summed E-state index contributed by atoms with van der Waals surface area (Å²) in [7, 11) is 0. The summed E-state index contributed by atoms with van der Waals surface area (Å²) in [5, 5.41) is 10.1. The van der Waals surface area contributed by atoms with Crippen LogP contribution in [0.5, 0.6) is 0 Å². The lowest BCUT2D eigenvalue weighted by Crippen LogP contribution is -2.44. The van der Waals surface area contributed by atoms with Crippen LogP contribution in [0.25, 0.3) is 0 Å². The van der Waals surface area contributed by atoms with Crippen LogP contribution in [-0.4, -0.2) is 56.8 Å². The van der Waals surface area contributed by atoms with Crippen molar-refractivity contribution in [1.82, 2.24) is 30.3 Å². The van der Waals surface area contributed by atoms with E-state index in [2.05, 4.69) is 30.7 Å². The zero-order chi connectivity index (χ0) is 24.4. The first-order valence-electron chi connectivity index (χ1n) is 11.5. The Morgan fingerprint density at radius 2 is 2.11 bits per heavy atom. The van der Waals surface area contributed by atoms with Crippen LogP contribution >= 0.6 is 11.6 Å². The number of nitrogens with one attached hydrogen (secondary N) is 2. The summed E-state index contributed by atoms with van der Waals surface area (Å²) in [5.74, 6) is 0.503. The molecule has 184 valence electrons. The van der Waals surface area contributed by atoms with Gasteiger partial charge in [0, 0.05) is 32.0 Å². The van der Waals surface area contributed by atoms with Gasteiger partial charge in [0.15, 0.2) is 5.82 Å². The van der Waals surface area contributed by atoms with Crippen molar-refractivity contribution in [3.63, 3.8) is 0 Å². The molecule has 2 aliphatic heterocycles. The summed E-state index contributed by atoms with van der Waals surface area (Å²) in [6.45, 7) is 3.90. The Hall–Kier alpha value is -3.31. The molecule has 35 heavy (non-hydrogen) atoms. The van der Waals surface area contributed by atoms with Crippen LogP contribution in [0.1, 0.15) is 47.4 Å². The topological polar surface area (TPSA) is 118 Å². The number of rotatable bonds is 5.